The normalized spacial score (nSPS) is 17.3. The Labute approximate surface area is 129 Å². The van der Waals surface area contributed by atoms with Crippen LogP contribution in [0.5, 0.6) is 0 Å². The minimum atomic E-state index is 0.362. The molecule has 2 rings (SSSR count). The zero-order valence-electron chi connectivity index (χ0n) is 13.8. The summed E-state index contributed by atoms with van der Waals surface area (Å²) in [6.07, 6.45) is 5.05. The number of hydrogen-bond acceptors (Lipinski definition) is 2. The third-order valence-corrected chi connectivity index (χ3v) is 4.39. The molecule has 0 radical (unpaired) electrons. The lowest BCUT2D eigenvalue weighted by atomic mass is 9.89. The van der Waals surface area contributed by atoms with Crippen LogP contribution in [0.1, 0.15) is 44.2 Å². The number of Topliss-reactive ketones (excluding diaryl/α,β-unsaturated/α-hetero) is 1. The summed E-state index contributed by atoms with van der Waals surface area (Å²) in [5.41, 5.74) is 2.59. The van der Waals surface area contributed by atoms with Gasteiger partial charge in [-0.2, -0.15) is 0 Å². The summed E-state index contributed by atoms with van der Waals surface area (Å²) in [6.45, 7) is 6.65. The highest BCUT2D eigenvalue weighted by atomic mass is 16.1. The highest BCUT2D eigenvalue weighted by molar-refractivity contribution is 5.81. The zero-order chi connectivity index (χ0) is 15.2. The number of nitrogens with zero attached hydrogens (tertiary/aromatic N) is 1. The fraction of sp³-hybridized carbons (Fsp3) is 0.632. The monoisotopic (exact) mass is 287 g/mol. The van der Waals surface area contributed by atoms with Crippen LogP contribution in [-0.4, -0.2) is 30.8 Å². The quantitative estimate of drug-likeness (QED) is 0.794. The molecule has 0 N–H and O–H groups in total. The summed E-state index contributed by atoms with van der Waals surface area (Å²) in [4.78, 5) is 14.4. The van der Waals surface area contributed by atoms with Gasteiger partial charge in [-0.05, 0) is 62.4 Å². The Hall–Kier alpha value is -1.15. The second-order valence-corrected chi connectivity index (χ2v) is 7.08. The predicted octanol–water partition coefficient (Wildman–Crippen LogP) is 3.73. The molecule has 116 valence electrons. The molecule has 0 aromatic heterocycles. The van der Waals surface area contributed by atoms with Crippen molar-refractivity contribution in [3.8, 4) is 0 Å². The van der Waals surface area contributed by atoms with Crippen molar-refractivity contribution in [1.82, 2.24) is 4.90 Å². The Morgan fingerprint density at radius 1 is 1.24 bits per heavy atom. The van der Waals surface area contributed by atoms with Gasteiger partial charge in [0.2, 0.25) is 0 Å². The first-order chi connectivity index (χ1) is 10.0. The molecule has 2 heteroatoms. The van der Waals surface area contributed by atoms with Crippen molar-refractivity contribution in [2.45, 2.75) is 46.0 Å². The Bertz CT molecular complexity index is 458. The number of carbonyl (C=O) groups excluding carboxylic acids is 1. The largest absolute Gasteiger partial charge is 0.306 e. The minimum absolute atomic E-state index is 0.362. The van der Waals surface area contributed by atoms with Crippen LogP contribution in [0, 0.1) is 11.8 Å². The molecule has 2 nitrogen and oxygen atoms in total. The van der Waals surface area contributed by atoms with Crippen LogP contribution in [0.25, 0.3) is 0 Å². The van der Waals surface area contributed by atoms with Crippen LogP contribution in [0.2, 0.25) is 0 Å². The maximum absolute atomic E-state index is 12.0. The average Bonchev–Trinajstić information content (AvgIpc) is 2.41. The van der Waals surface area contributed by atoms with Gasteiger partial charge in [0.1, 0.15) is 5.78 Å². The molecule has 0 amide bonds. The van der Waals surface area contributed by atoms with Crippen LogP contribution in [0.3, 0.4) is 0 Å². The summed E-state index contributed by atoms with van der Waals surface area (Å²) >= 11 is 0. The van der Waals surface area contributed by atoms with Gasteiger partial charge in [0.05, 0.1) is 0 Å². The van der Waals surface area contributed by atoms with Crippen LogP contribution >= 0.6 is 0 Å². The van der Waals surface area contributed by atoms with Gasteiger partial charge in [0.25, 0.3) is 0 Å². The molecule has 1 heterocycles. The van der Waals surface area contributed by atoms with E-state index in [1.54, 1.807) is 0 Å². The molecule has 1 aliphatic rings. The van der Waals surface area contributed by atoms with E-state index in [4.69, 9.17) is 0 Å². The molecule has 1 fully saturated rings. The van der Waals surface area contributed by atoms with E-state index in [0.717, 1.165) is 5.92 Å². The average molecular weight is 287 g/mol. The Kier molecular flexibility index (Phi) is 5.98. The molecule has 0 unspecified atom stereocenters. The highest BCUT2D eigenvalue weighted by Gasteiger charge is 2.17. The number of carbonyl (C=O) groups is 1. The maximum Gasteiger partial charge on any atom is 0.137 e. The number of benzene rings is 1. The standard InChI is InChI=1S/C19H29NO/c1-15(2)11-19(21)14-18-6-4-5-17(13-18)12-16-7-9-20(3)10-8-16/h4-6,13,15-16H,7-12,14H2,1-3H3. The lowest BCUT2D eigenvalue weighted by Gasteiger charge is -2.29. The molecule has 1 aromatic carbocycles. The highest BCUT2D eigenvalue weighted by Crippen LogP contribution is 2.21. The number of likely N-dealkylation sites (tertiary alicyclic amines) is 1. The molecule has 0 atom stereocenters. The Morgan fingerprint density at radius 2 is 1.90 bits per heavy atom. The topological polar surface area (TPSA) is 20.3 Å². The summed E-state index contributed by atoms with van der Waals surface area (Å²) in [7, 11) is 2.21. The van der Waals surface area contributed by atoms with Crippen LogP contribution in [0.4, 0.5) is 0 Å². The second-order valence-electron chi connectivity index (χ2n) is 7.08. The van der Waals surface area contributed by atoms with Crippen molar-refractivity contribution in [2.75, 3.05) is 20.1 Å². The van der Waals surface area contributed by atoms with Crippen molar-refractivity contribution in [3.63, 3.8) is 0 Å². The molecule has 0 bridgehead atoms. The maximum atomic E-state index is 12.0. The van der Waals surface area contributed by atoms with E-state index in [-0.39, 0.29) is 0 Å². The first-order valence-electron chi connectivity index (χ1n) is 8.31. The number of hydrogen-bond donors (Lipinski definition) is 0. The van der Waals surface area contributed by atoms with E-state index in [2.05, 4.69) is 50.1 Å². The molecule has 1 aliphatic heterocycles. The van der Waals surface area contributed by atoms with Gasteiger partial charge in [-0.25, -0.2) is 0 Å². The third kappa shape index (κ3) is 5.62. The summed E-state index contributed by atoms with van der Waals surface area (Å²) in [5, 5.41) is 0. The summed E-state index contributed by atoms with van der Waals surface area (Å²) in [6, 6.07) is 8.67. The van der Waals surface area contributed by atoms with Crippen LogP contribution in [-0.2, 0) is 17.6 Å². The van der Waals surface area contributed by atoms with E-state index < -0.39 is 0 Å². The molecular formula is C19H29NO. The lowest BCUT2D eigenvalue weighted by molar-refractivity contribution is -0.119. The fourth-order valence-corrected chi connectivity index (χ4v) is 3.22. The van der Waals surface area contributed by atoms with Crippen molar-refractivity contribution >= 4 is 5.78 Å². The van der Waals surface area contributed by atoms with Gasteiger partial charge in [0, 0.05) is 12.8 Å². The molecule has 1 aromatic rings. The summed E-state index contributed by atoms with van der Waals surface area (Å²) in [5.74, 6) is 1.63. The van der Waals surface area contributed by atoms with E-state index >= 15 is 0 Å². The predicted molar refractivity (Wildman–Crippen MR) is 88.5 cm³/mol. The van der Waals surface area contributed by atoms with Gasteiger partial charge in [0.15, 0.2) is 0 Å². The second kappa shape index (κ2) is 7.74. The SMILES string of the molecule is CC(C)CC(=O)Cc1cccc(CC2CCN(C)CC2)c1. The first kappa shape index (κ1) is 16.2. The third-order valence-electron chi connectivity index (χ3n) is 4.39. The van der Waals surface area contributed by atoms with Gasteiger partial charge in [-0.3, -0.25) is 4.79 Å². The molecule has 0 spiro atoms. The van der Waals surface area contributed by atoms with E-state index in [1.807, 2.05) is 0 Å². The molecule has 21 heavy (non-hydrogen) atoms. The van der Waals surface area contributed by atoms with Gasteiger partial charge in [-0.1, -0.05) is 38.1 Å². The van der Waals surface area contributed by atoms with Crippen molar-refractivity contribution in [3.05, 3.63) is 35.4 Å². The van der Waals surface area contributed by atoms with Crippen LogP contribution < -0.4 is 0 Å². The smallest absolute Gasteiger partial charge is 0.137 e. The lowest BCUT2D eigenvalue weighted by Crippen LogP contribution is -2.30. The Morgan fingerprint density at radius 3 is 2.57 bits per heavy atom. The van der Waals surface area contributed by atoms with E-state index in [0.29, 0.717) is 24.5 Å². The number of rotatable bonds is 6. The fourth-order valence-electron chi connectivity index (χ4n) is 3.22. The van der Waals surface area contributed by atoms with E-state index in [9.17, 15) is 4.79 Å². The first-order valence-corrected chi connectivity index (χ1v) is 8.31. The van der Waals surface area contributed by atoms with Gasteiger partial charge >= 0.3 is 0 Å². The molecular weight excluding hydrogens is 258 g/mol. The minimum Gasteiger partial charge on any atom is -0.306 e. The van der Waals surface area contributed by atoms with E-state index in [1.165, 1.54) is 43.5 Å². The van der Waals surface area contributed by atoms with Crippen molar-refractivity contribution in [1.29, 1.82) is 0 Å². The van der Waals surface area contributed by atoms with Gasteiger partial charge in [-0.15, -0.1) is 0 Å². The molecule has 0 aliphatic carbocycles. The number of piperidine rings is 1. The van der Waals surface area contributed by atoms with Crippen LogP contribution in [0.15, 0.2) is 24.3 Å². The summed E-state index contributed by atoms with van der Waals surface area (Å²) < 4.78 is 0. The van der Waals surface area contributed by atoms with Gasteiger partial charge < -0.3 is 4.90 Å². The van der Waals surface area contributed by atoms with Crippen molar-refractivity contribution in [2.24, 2.45) is 11.8 Å². The Balaban J connectivity index is 1.90. The molecule has 1 saturated heterocycles. The molecule has 0 saturated carbocycles. The van der Waals surface area contributed by atoms with Crippen molar-refractivity contribution < 1.29 is 4.79 Å². The zero-order valence-corrected chi connectivity index (χ0v) is 13.8. The number of ketones is 1.